The summed E-state index contributed by atoms with van der Waals surface area (Å²) >= 11 is 3.29. The van der Waals surface area contributed by atoms with Crippen molar-refractivity contribution in [2.24, 2.45) is 0 Å². The van der Waals surface area contributed by atoms with Crippen molar-refractivity contribution < 1.29 is 19.4 Å². The third kappa shape index (κ3) is 2.99. The predicted molar refractivity (Wildman–Crippen MR) is 112 cm³/mol. The molecule has 5 rings (SSSR count). The van der Waals surface area contributed by atoms with Crippen LogP contribution in [0.25, 0.3) is 11.1 Å². The third-order valence-corrected chi connectivity index (χ3v) is 6.51. The zero-order valence-electron chi connectivity index (χ0n) is 15.9. The van der Waals surface area contributed by atoms with Crippen LogP contribution >= 0.6 is 15.9 Å². The number of ether oxygens (including phenoxy) is 1. The smallest absolute Gasteiger partial charge is 0.410 e. The van der Waals surface area contributed by atoms with Crippen LogP contribution in [0.2, 0.25) is 0 Å². The molecule has 8 heteroatoms. The highest BCUT2D eigenvalue weighted by atomic mass is 79.9. The maximum atomic E-state index is 12.8. The van der Waals surface area contributed by atoms with Gasteiger partial charge in [-0.05, 0) is 38.2 Å². The summed E-state index contributed by atoms with van der Waals surface area (Å²) in [6.45, 7) is 1.35. The molecule has 30 heavy (non-hydrogen) atoms. The van der Waals surface area contributed by atoms with Gasteiger partial charge in [-0.2, -0.15) is 0 Å². The molecular weight excluding hydrogens is 450 g/mol. The first kappa shape index (κ1) is 18.9. The van der Waals surface area contributed by atoms with Crippen LogP contribution in [0.15, 0.2) is 53.1 Å². The van der Waals surface area contributed by atoms with E-state index >= 15 is 0 Å². The second-order valence-corrected chi connectivity index (χ2v) is 8.10. The van der Waals surface area contributed by atoms with Gasteiger partial charge in [0.15, 0.2) is 5.69 Å². The molecule has 2 aromatic carbocycles. The molecule has 0 saturated heterocycles. The first-order chi connectivity index (χ1) is 14.5. The van der Waals surface area contributed by atoms with Crippen molar-refractivity contribution in [1.82, 2.24) is 14.5 Å². The number of aromatic nitrogens is 2. The Morgan fingerprint density at radius 3 is 2.33 bits per heavy atom. The van der Waals surface area contributed by atoms with Gasteiger partial charge in [0.25, 0.3) is 0 Å². The van der Waals surface area contributed by atoms with Gasteiger partial charge in [0.1, 0.15) is 17.0 Å². The van der Waals surface area contributed by atoms with E-state index in [-0.39, 0.29) is 24.8 Å². The van der Waals surface area contributed by atoms with Crippen LogP contribution in [0.3, 0.4) is 0 Å². The summed E-state index contributed by atoms with van der Waals surface area (Å²) in [5.41, 5.74) is 4.64. The normalized spacial score (nSPS) is 14.8. The Hall–Kier alpha value is -3.13. The lowest BCUT2D eigenvalue weighted by Gasteiger charge is -2.28. The number of benzene rings is 2. The number of carbonyl (C=O) groups excluding carboxylic acids is 1. The van der Waals surface area contributed by atoms with Crippen LogP contribution in [0, 0.1) is 0 Å². The molecule has 2 heterocycles. The van der Waals surface area contributed by atoms with E-state index in [0.717, 1.165) is 11.1 Å². The van der Waals surface area contributed by atoms with Gasteiger partial charge in [0.2, 0.25) is 0 Å². The number of halogens is 1. The maximum absolute atomic E-state index is 12.8. The number of fused-ring (bicyclic) bond motifs is 4. The van der Waals surface area contributed by atoms with Crippen LogP contribution in [-0.2, 0) is 17.8 Å². The molecule has 7 nitrogen and oxygen atoms in total. The Labute approximate surface area is 181 Å². The Bertz CT molecular complexity index is 1130. The van der Waals surface area contributed by atoms with Crippen LogP contribution in [-0.4, -0.2) is 44.8 Å². The van der Waals surface area contributed by atoms with E-state index in [1.54, 1.807) is 9.47 Å². The molecule has 1 amide bonds. The summed E-state index contributed by atoms with van der Waals surface area (Å²) in [7, 11) is 0. The number of rotatable bonds is 3. The van der Waals surface area contributed by atoms with Crippen LogP contribution in [0.4, 0.5) is 4.79 Å². The van der Waals surface area contributed by atoms with Gasteiger partial charge in [-0.15, -0.1) is 0 Å². The third-order valence-electron chi connectivity index (χ3n) is 5.71. The molecule has 0 fully saturated rings. The Balaban J connectivity index is 1.32. The summed E-state index contributed by atoms with van der Waals surface area (Å²) in [6.07, 6.45) is -0.417. The largest absolute Gasteiger partial charge is 0.476 e. The maximum Gasteiger partial charge on any atom is 0.410 e. The zero-order valence-corrected chi connectivity index (χ0v) is 17.5. The molecule has 1 aliphatic heterocycles. The fraction of sp³-hybridized carbons (Fsp3) is 0.227. The molecule has 152 valence electrons. The summed E-state index contributed by atoms with van der Waals surface area (Å²) in [6, 6.07) is 16.4. The van der Waals surface area contributed by atoms with Crippen molar-refractivity contribution in [3.63, 3.8) is 0 Å². The summed E-state index contributed by atoms with van der Waals surface area (Å²) in [5, 5.41) is 9.24. The van der Waals surface area contributed by atoms with E-state index < -0.39 is 12.1 Å². The van der Waals surface area contributed by atoms with Crippen molar-refractivity contribution in [2.45, 2.75) is 19.0 Å². The van der Waals surface area contributed by atoms with Crippen molar-refractivity contribution >= 4 is 28.0 Å². The average molecular weight is 468 g/mol. The molecular formula is C22H18BrN3O4. The minimum Gasteiger partial charge on any atom is -0.476 e. The Morgan fingerprint density at radius 2 is 1.70 bits per heavy atom. The van der Waals surface area contributed by atoms with Crippen molar-refractivity contribution in [3.8, 4) is 11.1 Å². The second kappa shape index (κ2) is 7.28. The highest BCUT2D eigenvalue weighted by molar-refractivity contribution is 9.10. The number of hydrogen-bond donors (Lipinski definition) is 1. The first-order valence-electron chi connectivity index (χ1n) is 9.62. The van der Waals surface area contributed by atoms with E-state index in [4.69, 9.17) is 4.74 Å². The van der Waals surface area contributed by atoms with Crippen LogP contribution in [0.1, 0.15) is 33.4 Å². The van der Waals surface area contributed by atoms with E-state index in [2.05, 4.69) is 45.2 Å². The fourth-order valence-corrected chi connectivity index (χ4v) is 4.91. The van der Waals surface area contributed by atoms with E-state index in [9.17, 15) is 14.7 Å². The molecule has 0 saturated carbocycles. The number of aromatic carboxylic acids is 1. The monoisotopic (exact) mass is 467 g/mol. The van der Waals surface area contributed by atoms with Gasteiger partial charge in [-0.1, -0.05) is 48.5 Å². The van der Waals surface area contributed by atoms with Crippen molar-refractivity contribution in [3.05, 3.63) is 75.8 Å². The molecule has 0 radical (unpaired) electrons. The molecule has 0 bridgehead atoms. The van der Waals surface area contributed by atoms with Gasteiger partial charge in [0, 0.05) is 19.0 Å². The Morgan fingerprint density at radius 1 is 1.07 bits per heavy atom. The number of carboxylic acid groups (broad SMARTS) is 1. The molecule has 2 aliphatic rings. The Kier molecular flexibility index (Phi) is 4.58. The number of carbonyl (C=O) groups is 2. The topological polar surface area (TPSA) is 84.7 Å². The lowest BCUT2D eigenvalue weighted by Crippen LogP contribution is -2.39. The van der Waals surface area contributed by atoms with Crippen LogP contribution in [0.5, 0.6) is 0 Å². The van der Waals surface area contributed by atoms with Gasteiger partial charge < -0.3 is 14.4 Å². The molecule has 1 aliphatic carbocycles. The first-order valence-corrected chi connectivity index (χ1v) is 10.4. The molecule has 1 aromatic heterocycles. The van der Waals surface area contributed by atoms with E-state index in [0.29, 0.717) is 23.5 Å². The highest BCUT2D eigenvalue weighted by Gasteiger charge is 2.31. The molecule has 0 spiro atoms. The number of nitrogens with zero attached hydrogens (tertiary/aromatic N) is 3. The SMILES string of the molecule is O=C(O)c1nc2n(c1Br)CCN(C(=O)OCC1c3ccccc3-c3ccccc31)C2. The molecule has 0 unspecified atom stereocenters. The van der Waals surface area contributed by atoms with E-state index in [1.165, 1.54) is 11.1 Å². The fourth-order valence-electron chi connectivity index (χ4n) is 4.27. The lowest BCUT2D eigenvalue weighted by molar-refractivity contribution is 0.0689. The number of carboxylic acids is 1. The standard InChI is InChI=1S/C22H18BrN3O4/c23-20-19(21(27)28)24-18-11-25(9-10-26(18)20)22(29)30-12-17-15-7-3-1-5-13(15)14-6-2-4-8-16(14)17/h1-8,17H,9-12H2,(H,27,28). The number of hydrogen-bond acceptors (Lipinski definition) is 4. The summed E-state index contributed by atoms with van der Waals surface area (Å²) < 4.78 is 7.90. The van der Waals surface area contributed by atoms with E-state index in [1.807, 2.05) is 24.3 Å². The van der Waals surface area contributed by atoms with Gasteiger partial charge >= 0.3 is 12.1 Å². The van der Waals surface area contributed by atoms with Crippen molar-refractivity contribution in [2.75, 3.05) is 13.2 Å². The molecule has 0 atom stereocenters. The summed E-state index contributed by atoms with van der Waals surface area (Å²) in [5.74, 6) is -0.573. The lowest BCUT2D eigenvalue weighted by atomic mass is 9.98. The quantitative estimate of drug-likeness (QED) is 0.626. The zero-order chi connectivity index (χ0) is 20.8. The minimum absolute atomic E-state index is 0.000819. The molecule has 3 aromatic rings. The van der Waals surface area contributed by atoms with Crippen molar-refractivity contribution in [1.29, 1.82) is 0 Å². The number of imidazole rings is 1. The predicted octanol–water partition coefficient (Wildman–Crippen LogP) is 4.11. The van der Waals surface area contributed by atoms with Gasteiger partial charge in [-0.25, -0.2) is 14.6 Å². The average Bonchev–Trinajstić information content (AvgIpc) is 3.27. The number of amides is 1. The van der Waals surface area contributed by atoms with Crippen LogP contribution < -0.4 is 0 Å². The summed E-state index contributed by atoms with van der Waals surface area (Å²) in [4.78, 5) is 29.8. The second-order valence-electron chi connectivity index (χ2n) is 7.35. The molecule has 1 N–H and O–H groups in total. The minimum atomic E-state index is -1.10. The van der Waals surface area contributed by atoms with Gasteiger partial charge in [0.05, 0.1) is 6.54 Å². The van der Waals surface area contributed by atoms with Gasteiger partial charge in [-0.3, -0.25) is 4.90 Å². The highest BCUT2D eigenvalue weighted by Crippen LogP contribution is 2.44.